The Balaban J connectivity index is 1.77. The number of aromatic nitrogens is 2. The van der Waals surface area contributed by atoms with Crippen molar-refractivity contribution in [3.05, 3.63) is 64.0 Å². The highest BCUT2D eigenvalue weighted by Crippen LogP contribution is 2.31. The van der Waals surface area contributed by atoms with Crippen LogP contribution in [0.1, 0.15) is 32.4 Å². The Bertz CT molecular complexity index is 1150. The largest absolute Gasteiger partial charge is 0.464 e. The molecule has 0 unspecified atom stereocenters. The van der Waals surface area contributed by atoms with Crippen molar-refractivity contribution in [3.63, 3.8) is 0 Å². The normalized spacial score (nSPS) is 11.3. The fraction of sp³-hybridized carbons (Fsp3) is 0.238. The maximum atomic E-state index is 12.2. The molecule has 0 spiro atoms. The Morgan fingerprint density at radius 3 is 2.78 bits per heavy atom. The van der Waals surface area contributed by atoms with Crippen LogP contribution in [0.15, 0.2) is 40.8 Å². The van der Waals surface area contributed by atoms with Crippen molar-refractivity contribution in [1.29, 1.82) is 0 Å². The number of thiophene rings is 1. The zero-order valence-electron chi connectivity index (χ0n) is 15.7. The number of carbonyl (C=O) groups excluding carboxylic acids is 1. The summed E-state index contributed by atoms with van der Waals surface area (Å²) in [5.74, 6) is 0.989. The van der Waals surface area contributed by atoms with E-state index in [2.05, 4.69) is 13.0 Å². The van der Waals surface area contributed by atoms with Gasteiger partial charge in [-0.2, -0.15) is 0 Å². The van der Waals surface area contributed by atoms with E-state index in [-0.39, 0.29) is 5.97 Å². The number of fused-ring (bicyclic) bond motifs is 1. The lowest BCUT2D eigenvalue weighted by Crippen LogP contribution is -2.12. The van der Waals surface area contributed by atoms with Gasteiger partial charge in [-0.1, -0.05) is 17.7 Å². The molecule has 3 aromatic heterocycles. The van der Waals surface area contributed by atoms with Crippen LogP contribution in [0.4, 0.5) is 0 Å². The highest BCUT2D eigenvalue weighted by molar-refractivity contribution is 7.19. The Morgan fingerprint density at radius 2 is 2.04 bits per heavy atom. The third kappa shape index (κ3) is 3.17. The highest BCUT2D eigenvalue weighted by Gasteiger charge is 2.20. The zero-order chi connectivity index (χ0) is 19.1. The summed E-state index contributed by atoms with van der Waals surface area (Å²) < 4.78 is 13.9. The van der Waals surface area contributed by atoms with E-state index in [1.165, 1.54) is 12.0 Å². The summed E-state index contributed by atoms with van der Waals surface area (Å²) in [7, 11) is 1.40. The van der Waals surface area contributed by atoms with Crippen molar-refractivity contribution < 1.29 is 13.9 Å². The van der Waals surface area contributed by atoms with E-state index < -0.39 is 0 Å². The molecule has 0 aliphatic carbocycles. The molecule has 0 amide bonds. The standard InChI is InChI=1S/C21H20N2O3S/c1-12-6-5-7-15(8-12)20-22-16(14(3)26-20)11-23-17-9-13(2)27-19(17)10-18(23)21(24)25-4/h5-10H,11H2,1-4H3. The van der Waals surface area contributed by atoms with Gasteiger partial charge in [0, 0.05) is 10.4 Å². The van der Waals surface area contributed by atoms with Crippen LogP contribution in [0, 0.1) is 20.8 Å². The van der Waals surface area contributed by atoms with E-state index in [1.54, 1.807) is 11.3 Å². The Kier molecular flexibility index (Phi) is 4.36. The number of oxazole rings is 1. The van der Waals surface area contributed by atoms with Crippen LogP contribution in [0.5, 0.6) is 0 Å². The summed E-state index contributed by atoms with van der Waals surface area (Å²) in [6.07, 6.45) is 0. The summed E-state index contributed by atoms with van der Waals surface area (Å²) in [6, 6.07) is 12.0. The van der Waals surface area contributed by atoms with Crippen molar-refractivity contribution in [2.24, 2.45) is 0 Å². The summed E-state index contributed by atoms with van der Waals surface area (Å²) >= 11 is 1.66. The van der Waals surface area contributed by atoms with E-state index in [1.807, 2.05) is 48.7 Å². The van der Waals surface area contributed by atoms with Gasteiger partial charge in [-0.05, 0) is 45.0 Å². The van der Waals surface area contributed by atoms with Crippen molar-refractivity contribution >= 4 is 27.5 Å². The third-order valence-corrected chi connectivity index (χ3v) is 5.56. The number of ether oxygens (including phenoxy) is 1. The maximum Gasteiger partial charge on any atom is 0.354 e. The SMILES string of the molecule is COC(=O)c1cc2sc(C)cc2n1Cc1nc(-c2cccc(C)c2)oc1C. The molecule has 4 rings (SSSR count). The van der Waals surface area contributed by atoms with Gasteiger partial charge in [0.05, 0.1) is 23.9 Å². The average Bonchev–Trinajstić information content (AvgIpc) is 3.28. The number of hydrogen-bond acceptors (Lipinski definition) is 5. The van der Waals surface area contributed by atoms with Crippen LogP contribution >= 0.6 is 11.3 Å². The van der Waals surface area contributed by atoms with Crippen LogP contribution in [0.2, 0.25) is 0 Å². The average molecular weight is 380 g/mol. The van der Waals surface area contributed by atoms with E-state index in [0.717, 1.165) is 32.8 Å². The second kappa shape index (κ2) is 6.70. The van der Waals surface area contributed by atoms with Gasteiger partial charge in [-0.25, -0.2) is 9.78 Å². The van der Waals surface area contributed by atoms with Crippen LogP contribution in [0.25, 0.3) is 21.7 Å². The minimum absolute atomic E-state index is 0.351. The Morgan fingerprint density at radius 1 is 1.22 bits per heavy atom. The lowest BCUT2D eigenvalue weighted by molar-refractivity contribution is 0.0589. The number of carbonyl (C=O) groups is 1. The fourth-order valence-corrected chi connectivity index (χ4v) is 4.20. The molecule has 0 aliphatic heterocycles. The molecule has 0 radical (unpaired) electrons. The van der Waals surface area contributed by atoms with Gasteiger partial charge in [-0.3, -0.25) is 0 Å². The molecule has 0 saturated heterocycles. The number of rotatable bonds is 4. The second-order valence-electron chi connectivity index (χ2n) is 6.61. The smallest absolute Gasteiger partial charge is 0.354 e. The van der Waals surface area contributed by atoms with Gasteiger partial charge < -0.3 is 13.7 Å². The van der Waals surface area contributed by atoms with Crippen molar-refractivity contribution in [1.82, 2.24) is 9.55 Å². The molecular formula is C21H20N2O3S. The molecular weight excluding hydrogens is 360 g/mol. The van der Waals surface area contributed by atoms with Gasteiger partial charge >= 0.3 is 5.97 Å². The van der Waals surface area contributed by atoms with Gasteiger partial charge in [0.1, 0.15) is 17.1 Å². The fourth-order valence-electron chi connectivity index (χ4n) is 3.24. The van der Waals surface area contributed by atoms with Crippen molar-refractivity contribution in [2.75, 3.05) is 7.11 Å². The highest BCUT2D eigenvalue weighted by atomic mass is 32.1. The quantitative estimate of drug-likeness (QED) is 0.461. The predicted molar refractivity (Wildman–Crippen MR) is 106 cm³/mol. The first kappa shape index (κ1) is 17.5. The zero-order valence-corrected chi connectivity index (χ0v) is 16.5. The van der Waals surface area contributed by atoms with Crippen LogP contribution in [-0.4, -0.2) is 22.6 Å². The lowest BCUT2D eigenvalue weighted by atomic mass is 10.1. The van der Waals surface area contributed by atoms with Gasteiger partial charge in [-0.15, -0.1) is 11.3 Å². The molecule has 0 aliphatic rings. The number of aryl methyl sites for hydroxylation is 3. The summed E-state index contributed by atoms with van der Waals surface area (Å²) in [6.45, 7) is 6.45. The molecule has 0 bridgehead atoms. The number of nitrogens with zero attached hydrogens (tertiary/aromatic N) is 2. The molecule has 138 valence electrons. The Labute approximate surface area is 161 Å². The van der Waals surface area contributed by atoms with E-state index in [9.17, 15) is 4.79 Å². The van der Waals surface area contributed by atoms with Gasteiger partial charge in [0.2, 0.25) is 5.89 Å². The molecule has 5 nitrogen and oxygen atoms in total. The number of methoxy groups -OCH3 is 1. The van der Waals surface area contributed by atoms with Crippen LogP contribution in [-0.2, 0) is 11.3 Å². The molecule has 0 N–H and O–H groups in total. The minimum Gasteiger partial charge on any atom is -0.464 e. The lowest BCUT2D eigenvalue weighted by Gasteiger charge is -2.07. The number of esters is 1. The molecule has 6 heteroatoms. The van der Waals surface area contributed by atoms with Gasteiger partial charge in [0.25, 0.3) is 0 Å². The summed E-state index contributed by atoms with van der Waals surface area (Å²) in [5.41, 5.74) is 4.44. The Hall–Kier alpha value is -2.86. The molecule has 1 aromatic carbocycles. The summed E-state index contributed by atoms with van der Waals surface area (Å²) in [5, 5.41) is 0. The predicted octanol–water partition coefficient (Wildman–Crippen LogP) is 5.12. The first-order valence-corrected chi connectivity index (χ1v) is 9.49. The van der Waals surface area contributed by atoms with Crippen molar-refractivity contribution in [3.8, 4) is 11.5 Å². The molecule has 3 heterocycles. The molecule has 27 heavy (non-hydrogen) atoms. The van der Waals surface area contributed by atoms with E-state index in [0.29, 0.717) is 18.1 Å². The topological polar surface area (TPSA) is 57.3 Å². The molecule has 0 atom stereocenters. The summed E-state index contributed by atoms with van der Waals surface area (Å²) in [4.78, 5) is 18.1. The van der Waals surface area contributed by atoms with Crippen LogP contribution in [0.3, 0.4) is 0 Å². The first-order valence-electron chi connectivity index (χ1n) is 8.67. The maximum absolute atomic E-state index is 12.2. The molecule has 0 saturated carbocycles. The van der Waals surface area contributed by atoms with E-state index >= 15 is 0 Å². The van der Waals surface area contributed by atoms with E-state index in [4.69, 9.17) is 14.1 Å². The first-order chi connectivity index (χ1) is 13.0. The molecule has 4 aromatic rings. The second-order valence-corrected chi connectivity index (χ2v) is 7.89. The van der Waals surface area contributed by atoms with Gasteiger partial charge in [0.15, 0.2) is 0 Å². The minimum atomic E-state index is -0.351. The van der Waals surface area contributed by atoms with Crippen molar-refractivity contribution in [2.45, 2.75) is 27.3 Å². The van der Waals surface area contributed by atoms with Crippen LogP contribution < -0.4 is 0 Å². The number of benzene rings is 1. The third-order valence-electron chi connectivity index (χ3n) is 4.57. The number of hydrogen-bond donors (Lipinski definition) is 0. The monoisotopic (exact) mass is 380 g/mol. The molecule has 0 fully saturated rings.